The quantitative estimate of drug-likeness (QED) is 0.892. The molecule has 1 aliphatic carbocycles. The lowest BCUT2D eigenvalue weighted by Crippen LogP contribution is -2.46. The number of rotatable bonds is 5. The first kappa shape index (κ1) is 14.5. The van der Waals surface area contributed by atoms with E-state index in [-0.39, 0.29) is 6.04 Å². The minimum absolute atomic E-state index is 0.0957. The van der Waals surface area contributed by atoms with Crippen LogP contribution in [0.5, 0.6) is 0 Å². The maximum Gasteiger partial charge on any atom is 0.244 e. The third-order valence-corrected chi connectivity index (χ3v) is 6.76. The standard InChI is InChI=1S/C13H20N2O3S2/c1-10-8-18-5-4-15(10)20(16,17)13-6-12(19-9-13)7-14-11-2-3-11/h6,9-11,14H,2-5,7-8H2,1H3. The smallest absolute Gasteiger partial charge is 0.244 e. The van der Waals surface area contributed by atoms with Crippen molar-refractivity contribution in [1.82, 2.24) is 9.62 Å². The molecule has 1 saturated heterocycles. The molecule has 1 N–H and O–H groups in total. The first-order chi connectivity index (χ1) is 9.57. The van der Waals surface area contributed by atoms with Gasteiger partial charge in [0.1, 0.15) is 0 Å². The van der Waals surface area contributed by atoms with Crippen LogP contribution in [0.3, 0.4) is 0 Å². The Labute approximate surface area is 124 Å². The number of sulfonamides is 1. The first-order valence-corrected chi connectivity index (χ1v) is 9.30. The van der Waals surface area contributed by atoms with Crippen molar-refractivity contribution >= 4 is 21.4 Å². The van der Waals surface area contributed by atoms with Gasteiger partial charge < -0.3 is 10.1 Å². The molecule has 0 radical (unpaired) electrons. The molecule has 7 heteroatoms. The summed E-state index contributed by atoms with van der Waals surface area (Å²) in [7, 11) is -3.38. The zero-order valence-corrected chi connectivity index (χ0v) is 13.2. The van der Waals surface area contributed by atoms with Gasteiger partial charge in [-0.3, -0.25) is 0 Å². The first-order valence-electron chi connectivity index (χ1n) is 6.98. The van der Waals surface area contributed by atoms with Gasteiger partial charge in [0.2, 0.25) is 10.0 Å². The fourth-order valence-corrected chi connectivity index (χ4v) is 5.14. The lowest BCUT2D eigenvalue weighted by atomic mass is 10.3. The number of morpholine rings is 1. The third-order valence-electron chi connectivity index (χ3n) is 3.69. The maximum atomic E-state index is 12.6. The highest BCUT2D eigenvalue weighted by atomic mass is 32.2. The highest BCUT2D eigenvalue weighted by molar-refractivity contribution is 7.89. The Bertz CT molecular complexity index is 566. The average molecular weight is 316 g/mol. The Morgan fingerprint density at radius 1 is 1.50 bits per heavy atom. The van der Waals surface area contributed by atoms with Gasteiger partial charge in [-0.25, -0.2) is 8.42 Å². The highest BCUT2D eigenvalue weighted by Crippen LogP contribution is 2.26. The molecule has 0 aromatic carbocycles. The zero-order chi connectivity index (χ0) is 14.2. The van der Waals surface area contributed by atoms with Gasteiger partial charge in [-0.15, -0.1) is 11.3 Å². The molecular weight excluding hydrogens is 296 g/mol. The molecule has 1 aromatic heterocycles. The van der Waals surface area contributed by atoms with Crippen LogP contribution in [0.25, 0.3) is 0 Å². The van der Waals surface area contributed by atoms with Crippen LogP contribution >= 0.6 is 11.3 Å². The minimum atomic E-state index is -3.38. The Morgan fingerprint density at radius 3 is 3.00 bits per heavy atom. The number of nitrogens with one attached hydrogen (secondary N) is 1. The van der Waals surface area contributed by atoms with Crippen LogP contribution in [-0.4, -0.2) is 44.6 Å². The van der Waals surface area contributed by atoms with Crippen LogP contribution in [-0.2, 0) is 21.3 Å². The molecule has 2 aliphatic rings. The van der Waals surface area contributed by atoms with E-state index in [1.165, 1.54) is 24.2 Å². The van der Waals surface area contributed by atoms with Crippen molar-refractivity contribution in [2.75, 3.05) is 19.8 Å². The van der Waals surface area contributed by atoms with Crippen LogP contribution in [0.2, 0.25) is 0 Å². The van der Waals surface area contributed by atoms with E-state index in [9.17, 15) is 8.42 Å². The van der Waals surface area contributed by atoms with Gasteiger partial charge in [0, 0.05) is 35.4 Å². The highest BCUT2D eigenvalue weighted by Gasteiger charge is 2.32. The van der Waals surface area contributed by atoms with Gasteiger partial charge in [-0.2, -0.15) is 4.31 Å². The van der Waals surface area contributed by atoms with Gasteiger partial charge in [0.15, 0.2) is 0 Å². The van der Waals surface area contributed by atoms with Crippen molar-refractivity contribution in [2.24, 2.45) is 0 Å². The molecule has 1 atom stereocenters. The zero-order valence-electron chi connectivity index (χ0n) is 11.5. The van der Waals surface area contributed by atoms with Crippen molar-refractivity contribution in [3.63, 3.8) is 0 Å². The predicted octanol–water partition coefficient (Wildman–Crippen LogP) is 1.41. The van der Waals surface area contributed by atoms with Crippen molar-refractivity contribution in [3.05, 3.63) is 16.3 Å². The van der Waals surface area contributed by atoms with E-state index >= 15 is 0 Å². The molecule has 20 heavy (non-hydrogen) atoms. The Balaban J connectivity index is 1.72. The molecule has 112 valence electrons. The topological polar surface area (TPSA) is 58.6 Å². The summed E-state index contributed by atoms with van der Waals surface area (Å²) in [5, 5.41) is 5.16. The molecule has 1 unspecified atom stereocenters. The number of hydrogen-bond acceptors (Lipinski definition) is 5. The number of ether oxygens (including phenoxy) is 1. The van der Waals surface area contributed by atoms with E-state index in [1.54, 1.807) is 15.8 Å². The number of nitrogens with zero attached hydrogens (tertiary/aromatic N) is 1. The van der Waals surface area contributed by atoms with Crippen LogP contribution in [0.4, 0.5) is 0 Å². The van der Waals surface area contributed by atoms with E-state index in [0.29, 0.717) is 30.7 Å². The second-order valence-electron chi connectivity index (χ2n) is 5.44. The van der Waals surface area contributed by atoms with Gasteiger partial charge in [-0.05, 0) is 25.8 Å². The monoisotopic (exact) mass is 316 g/mol. The minimum Gasteiger partial charge on any atom is -0.378 e. The second kappa shape index (κ2) is 5.73. The third kappa shape index (κ3) is 3.07. The molecule has 0 amide bonds. The van der Waals surface area contributed by atoms with Crippen molar-refractivity contribution < 1.29 is 13.2 Å². The number of thiophene rings is 1. The molecular formula is C13H20N2O3S2. The molecule has 2 heterocycles. The van der Waals surface area contributed by atoms with Crippen LogP contribution < -0.4 is 5.32 Å². The molecule has 0 spiro atoms. The lowest BCUT2D eigenvalue weighted by Gasteiger charge is -2.31. The Kier molecular flexibility index (Phi) is 4.14. The second-order valence-corrected chi connectivity index (χ2v) is 8.33. The summed E-state index contributed by atoms with van der Waals surface area (Å²) in [5.74, 6) is 0. The summed E-state index contributed by atoms with van der Waals surface area (Å²) in [6.07, 6.45) is 2.48. The average Bonchev–Trinajstić information content (AvgIpc) is 3.13. The van der Waals surface area contributed by atoms with E-state index in [4.69, 9.17) is 4.74 Å². The fraction of sp³-hybridized carbons (Fsp3) is 0.692. The maximum absolute atomic E-state index is 12.6. The van der Waals surface area contributed by atoms with Crippen molar-refractivity contribution in [3.8, 4) is 0 Å². The van der Waals surface area contributed by atoms with Gasteiger partial charge >= 0.3 is 0 Å². The van der Waals surface area contributed by atoms with Crippen molar-refractivity contribution in [1.29, 1.82) is 0 Å². The largest absolute Gasteiger partial charge is 0.378 e. The predicted molar refractivity (Wildman–Crippen MR) is 78.4 cm³/mol. The Hall–Kier alpha value is -0.470. The molecule has 0 bridgehead atoms. The summed E-state index contributed by atoms with van der Waals surface area (Å²) in [6.45, 7) is 4.04. The summed E-state index contributed by atoms with van der Waals surface area (Å²) >= 11 is 1.51. The molecule has 1 aliphatic heterocycles. The molecule has 2 fully saturated rings. The van der Waals surface area contributed by atoms with E-state index in [0.717, 1.165) is 11.4 Å². The SMILES string of the molecule is CC1COCCN1S(=O)(=O)c1csc(CNC2CC2)c1. The number of hydrogen-bond donors (Lipinski definition) is 1. The van der Waals surface area contributed by atoms with Gasteiger partial charge in [-0.1, -0.05) is 0 Å². The van der Waals surface area contributed by atoms with Gasteiger partial charge in [0.25, 0.3) is 0 Å². The van der Waals surface area contributed by atoms with E-state index < -0.39 is 10.0 Å². The summed E-state index contributed by atoms with van der Waals surface area (Å²) in [5.41, 5.74) is 0. The lowest BCUT2D eigenvalue weighted by molar-refractivity contribution is 0.0393. The van der Waals surface area contributed by atoms with Crippen LogP contribution in [0.1, 0.15) is 24.6 Å². The van der Waals surface area contributed by atoms with E-state index in [1.807, 2.05) is 6.92 Å². The van der Waals surface area contributed by atoms with E-state index in [2.05, 4.69) is 5.32 Å². The van der Waals surface area contributed by atoms with Crippen molar-refractivity contribution in [2.45, 2.75) is 43.3 Å². The van der Waals surface area contributed by atoms with Gasteiger partial charge in [0.05, 0.1) is 18.1 Å². The summed E-state index contributed by atoms with van der Waals surface area (Å²) in [4.78, 5) is 1.50. The molecule has 3 rings (SSSR count). The fourth-order valence-electron chi connectivity index (χ4n) is 2.33. The molecule has 5 nitrogen and oxygen atoms in total. The van der Waals surface area contributed by atoms with Crippen LogP contribution in [0.15, 0.2) is 16.3 Å². The normalized spacial score (nSPS) is 24.9. The molecule has 1 aromatic rings. The Morgan fingerprint density at radius 2 is 2.30 bits per heavy atom. The van der Waals surface area contributed by atoms with Crippen LogP contribution in [0, 0.1) is 0 Å². The summed E-state index contributed by atoms with van der Waals surface area (Å²) in [6, 6.07) is 2.34. The summed E-state index contributed by atoms with van der Waals surface area (Å²) < 4.78 is 32.1. The molecule has 1 saturated carbocycles.